The lowest BCUT2D eigenvalue weighted by Gasteiger charge is -2.02. The van der Waals surface area contributed by atoms with E-state index in [1.807, 2.05) is 31.2 Å². The maximum absolute atomic E-state index is 10.9. The minimum Gasteiger partial charge on any atom is -0.317 e. The molecule has 0 saturated heterocycles. The van der Waals surface area contributed by atoms with Crippen LogP contribution in [0.5, 0.6) is 0 Å². The Hall–Kier alpha value is -0.960. The number of carbonyl (C=O) groups excluding carboxylic acids is 1. The lowest BCUT2D eigenvalue weighted by molar-refractivity contribution is 0.270. The number of thioether (sulfide) groups is 1. The minimum atomic E-state index is -0.0272. The Kier molecular flexibility index (Phi) is 3.17. The fourth-order valence-corrected chi connectivity index (χ4v) is 1.11. The molecule has 0 fully saturated rings. The van der Waals surface area contributed by atoms with Crippen LogP contribution in [0.15, 0.2) is 24.3 Å². The minimum absolute atomic E-state index is 0.0272. The van der Waals surface area contributed by atoms with Crippen LogP contribution in [0.4, 0.5) is 10.5 Å². The van der Waals surface area contributed by atoms with Crippen molar-refractivity contribution in [2.24, 2.45) is 0 Å². The third-order valence-electron chi connectivity index (χ3n) is 1.45. The van der Waals surface area contributed by atoms with E-state index in [2.05, 4.69) is 5.32 Å². The van der Waals surface area contributed by atoms with Gasteiger partial charge < -0.3 is 5.32 Å². The summed E-state index contributed by atoms with van der Waals surface area (Å²) in [4.78, 5) is 10.9. The molecule has 0 aliphatic carbocycles. The Bertz CT molecular complexity index is 286. The van der Waals surface area contributed by atoms with Crippen LogP contribution in [-0.4, -0.2) is 11.5 Å². The molecular formula is C9H11NOS. The molecule has 0 radical (unpaired) electrons. The molecule has 1 aromatic rings. The van der Waals surface area contributed by atoms with Gasteiger partial charge in [0.05, 0.1) is 0 Å². The Balaban J connectivity index is 2.69. The number of benzene rings is 1. The van der Waals surface area contributed by atoms with Gasteiger partial charge >= 0.3 is 0 Å². The molecule has 3 heteroatoms. The summed E-state index contributed by atoms with van der Waals surface area (Å²) in [6.45, 7) is 1.99. The molecule has 12 heavy (non-hydrogen) atoms. The van der Waals surface area contributed by atoms with Crippen molar-refractivity contribution in [2.75, 3.05) is 11.6 Å². The summed E-state index contributed by atoms with van der Waals surface area (Å²) in [5, 5.41) is 2.73. The van der Waals surface area contributed by atoms with Gasteiger partial charge in [-0.1, -0.05) is 23.9 Å². The van der Waals surface area contributed by atoms with Crippen LogP contribution in [0.3, 0.4) is 0 Å². The highest BCUT2D eigenvalue weighted by Crippen LogP contribution is 2.11. The van der Waals surface area contributed by atoms with Gasteiger partial charge in [0.25, 0.3) is 5.24 Å². The third-order valence-corrected chi connectivity index (χ3v) is 1.92. The van der Waals surface area contributed by atoms with Crippen molar-refractivity contribution in [3.8, 4) is 0 Å². The van der Waals surface area contributed by atoms with E-state index >= 15 is 0 Å². The van der Waals surface area contributed by atoms with Crippen LogP contribution >= 0.6 is 11.8 Å². The van der Waals surface area contributed by atoms with Crippen LogP contribution in [0.1, 0.15) is 5.56 Å². The van der Waals surface area contributed by atoms with Crippen molar-refractivity contribution >= 4 is 22.7 Å². The SMILES string of the molecule is CSC(=O)Nc1cccc(C)c1. The fraction of sp³-hybridized carbons (Fsp3) is 0.222. The maximum atomic E-state index is 10.9. The molecule has 0 saturated carbocycles. The van der Waals surface area contributed by atoms with Gasteiger partial charge in [0.15, 0.2) is 0 Å². The van der Waals surface area contributed by atoms with Crippen LogP contribution in [0.2, 0.25) is 0 Å². The fourth-order valence-electron chi connectivity index (χ4n) is 0.892. The molecule has 1 aromatic carbocycles. The quantitative estimate of drug-likeness (QED) is 0.721. The van der Waals surface area contributed by atoms with E-state index in [1.165, 1.54) is 11.8 Å². The van der Waals surface area contributed by atoms with E-state index in [1.54, 1.807) is 6.26 Å². The molecule has 0 heterocycles. The number of carbonyl (C=O) groups is 1. The van der Waals surface area contributed by atoms with Crippen LogP contribution in [0.25, 0.3) is 0 Å². The summed E-state index contributed by atoms with van der Waals surface area (Å²) in [6, 6.07) is 7.73. The van der Waals surface area contributed by atoms with Crippen molar-refractivity contribution in [1.82, 2.24) is 0 Å². The van der Waals surface area contributed by atoms with Gasteiger partial charge in [0, 0.05) is 5.69 Å². The second-order valence-electron chi connectivity index (χ2n) is 2.49. The Labute approximate surface area is 76.4 Å². The largest absolute Gasteiger partial charge is 0.317 e. The zero-order valence-corrected chi connectivity index (χ0v) is 7.94. The van der Waals surface area contributed by atoms with Gasteiger partial charge in [-0.15, -0.1) is 0 Å². The normalized spacial score (nSPS) is 9.50. The first kappa shape index (κ1) is 9.13. The zero-order valence-electron chi connectivity index (χ0n) is 7.13. The molecule has 64 valence electrons. The average Bonchev–Trinajstić information content (AvgIpc) is 2.04. The molecule has 1 rings (SSSR count). The number of nitrogens with one attached hydrogen (secondary N) is 1. The van der Waals surface area contributed by atoms with E-state index in [-0.39, 0.29) is 5.24 Å². The van der Waals surface area contributed by atoms with Crippen molar-refractivity contribution in [3.63, 3.8) is 0 Å². The van der Waals surface area contributed by atoms with Crippen LogP contribution in [-0.2, 0) is 0 Å². The summed E-state index contributed by atoms with van der Waals surface area (Å²) >= 11 is 1.18. The highest BCUT2D eigenvalue weighted by molar-refractivity contribution is 8.13. The standard InChI is InChI=1S/C9H11NOS/c1-7-4-3-5-8(6-7)10-9(11)12-2/h3-6H,1-2H3,(H,10,11). The zero-order chi connectivity index (χ0) is 8.97. The second kappa shape index (κ2) is 4.16. The van der Waals surface area contributed by atoms with Gasteiger partial charge in [-0.3, -0.25) is 4.79 Å². The topological polar surface area (TPSA) is 29.1 Å². The predicted octanol–water partition coefficient (Wildman–Crippen LogP) is 2.89. The molecule has 0 atom stereocenters. The first-order valence-electron chi connectivity index (χ1n) is 3.64. The van der Waals surface area contributed by atoms with Crippen molar-refractivity contribution in [1.29, 1.82) is 0 Å². The number of amides is 1. The second-order valence-corrected chi connectivity index (χ2v) is 3.27. The maximum Gasteiger partial charge on any atom is 0.283 e. The van der Waals surface area contributed by atoms with Gasteiger partial charge in [-0.25, -0.2) is 0 Å². The summed E-state index contributed by atoms with van der Waals surface area (Å²) in [5.74, 6) is 0. The van der Waals surface area contributed by atoms with Crippen molar-refractivity contribution in [3.05, 3.63) is 29.8 Å². The van der Waals surface area contributed by atoms with E-state index in [9.17, 15) is 4.79 Å². The molecule has 1 amide bonds. The lowest BCUT2D eigenvalue weighted by atomic mass is 10.2. The van der Waals surface area contributed by atoms with E-state index in [0.717, 1.165) is 11.3 Å². The molecule has 0 aromatic heterocycles. The molecule has 0 spiro atoms. The van der Waals surface area contributed by atoms with Crippen LogP contribution < -0.4 is 5.32 Å². The van der Waals surface area contributed by atoms with E-state index in [0.29, 0.717) is 0 Å². The van der Waals surface area contributed by atoms with Gasteiger partial charge in [-0.05, 0) is 30.9 Å². The first-order valence-corrected chi connectivity index (χ1v) is 4.86. The summed E-state index contributed by atoms with van der Waals surface area (Å²) in [7, 11) is 0. The number of hydrogen-bond acceptors (Lipinski definition) is 2. The molecule has 0 bridgehead atoms. The van der Waals surface area contributed by atoms with Gasteiger partial charge in [-0.2, -0.15) is 0 Å². The van der Waals surface area contributed by atoms with Gasteiger partial charge in [0.1, 0.15) is 0 Å². The highest BCUT2D eigenvalue weighted by atomic mass is 32.2. The lowest BCUT2D eigenvalue weighted by Crippen LogP contribution is -2.03. The number of rotatable bonds is 1. The Morgan fingerprint density at radius 2 is 2.25 bits per heavy atom. The third kappa shape index (κ3) is 2.58. The highest BCUT2D eigenvalue weighted by Gasteiger charge is 1.97. The number of anilines is 1. The molecule has 1 N–H and O–H groups in total. The Morgan fingerprint density at radius 3 is 2.83 bits per heavy atom. The summed E-state index contributed by atoms with van der Waals surface area (Å²) in [5.41, 5.74) is 2.00. The molecule has 0 aliphatic heterocycles. The molecule has 0 aliphatic rings. The molecule has 2 nitrogen and oxygen atoms in total. The van der Waals surface area contributed by atoms with Crippen LogP contribution in [0, 0.1) is 6.92 Å². The van der Waals surface area contributed by atoms with Crippen molar-refractivity contribution in [2.45, 2.75) is 6.92 Å². The monoisotopic (exact) mass is 181 g/mol. The number of aryl methyl sites for hydroxylation is 1. The number of hydrogen-bond donors (Lipinski definition) is 1. The van der Waals surface area contributed by atoms with E-state index in [4.69, 9.17) is 0 Å². The predicted molar refractivity (Wildman–Crippen MR) is 53.7 cm³/mol. The summed E-state index contributed by atoms with van der Waals surface area (Å²) in [6.07, 6.45) is 1.76. The summed E-state index contributed by atoms with van der Waals surface area (Å²) < 4.78 is 0. The Morgan fingerprint density at radius 1 is 1.50 bits per heavy atom. The molecular weight excluding hydrogens is 170 g/mol. The average molecular weight is 181 g/mol. The first-order chi connectivity index (χ1) is 5.72. The van der Waals surface area contributed by atoms with E-state index < -0.39 is 0 Å². The van der Waals surface area contributed by atoms with Crippen molar-refractivity contribution < 1.29 is 4.79 Å². The van der Waals surface area contributed by atoms with Gasteiger partial charge in [0.2, 0.25) is 0 Å². The smallest absolute Gasteiger partial charge is 0.283 e. The molecule has 0 unspecified atom stereocenters.